The summed E-state index contributed by atoms with van der Waals surface area (Å²) >= 11 is 6.02. The highest BCUT2D eigenvalue weighted by Crippen LogP contribution is 2.23. The summed E-state index contributed by atoms with van der Waals surface area (Å²) in [6.07, 6.45) is -0.310. The zero-order chi connectivity index (χ0) is 19.6. The van der Waals surface area contributed by atoms with Crippen LogP contribution in [0.5, 0.6) is 0 Å². The number of carbonyl (C=O) groups is 1. The van der Waals surface area contributed by atoms with Crippen LogP contribution in [0.3, 0.4) is 0 Å². The number of hydrogen-bond donors (Lipinski definition) is 1. The van der Waals surface area contributed by atoms with Crippen LogP contribution < -0.4 is 5.32 Å². The van der Waals surface area contributed by atoms with Gasteiger partial charge < -0.3 is 10.1 Å². The van der Waals surface area contributed by atoms with Crippen molar-refractivity contribution in [3.8, 4) is 0 Å². The lowest BCUT2D eigenvalue weighted by Gasteiger charge is -2.34. The van der Waals surface area contributed by atoms with Gasteiger partial charge in [-0.25, -0.2) is 8.42 Å². The molecule has 0 bridgehead atoms. The quantitative estimate of drug-likeness (QED) is 0.841. The molecule has 3 rings (SSSR count). The average Bonchev–Trinajstić information content (AvgIpc) is 2.61. The third-order valence-electron chi connectivity index (χ3n) is 4.25. The first-order valence-electron chi connectivity index (χ1n) is 8.59. The largest absolute Gasteiger partial charge is 0.373 e. The number of amides is 1. The minimum absolute atomic E-state index is 0.155. The molecule has 1 heterocycles. The smallest absolute Gasteiger partial charge is 0.257 e. The molecule has 2 aromatic rings. The van der Waals surface area contributed by atoms with Crippen LogP contribution in [0.25, 0.3) is 0 Å². The van der Waals surface area contributed by atoms with E-state index in [1.54, 1.807) is 36.4 Å². The van der Waals surface area contributed by atoms with Crippen molar-refractivity contribution >= 4 is 33.2 Å². The Kier molecular flexibility index (Phi) is 5.86. The molecule has 144 valence electrons. The summed E-state index contributed by atoms with van der Waals surface area (Å²) in [6.45, 7) is 4.34. The van der Waals surface area contributed by atoms with Crippen LogP contribution in [-0.2, 0) is 14.8 Å². The van der Waals surface area contributed by atoms with Crippen molar-refractivity contribution in [2.75, 3.05) is 18.4 Å². The summed E-state index contributed by atoms with van der Waals surface area (Å²) in [5, 5.41) is 3.07. The molecule has 0 aliphatic carbocycles. The van der Waals surface area contributed by atoms with Crippen LogP contribution >= 0.6 is 11.6 Å². The van der Waals surface area contributed by atoms with E-state index in [2.05, 4.69) is 5.32 Å². The Hall–Kier alpha value is -1.93. The lowest BCUT2D eigenvalue weighted by molar-refractivity contribution is -0.0440. The molecule has 0 spiro atoms. The maximum absolute atomic E-state index is 12.8. The zero-order valence-corrected chi connectivity index (χ0v) is 16.6. The molecular formula is C19H21ClN2O4S. The molecule has 0 saturated carbocycles. The Labute approximate surface area is 164 Å². The molecule has 1 aliphatic heterocycles. The first-order chi connectivity index (χ1) is 12.8. The van der Waals surface area contributed by atoms with Crippen LogP contribution in [0.4, 0.5) is 5.69 Å². The molecule has 1 amide bonds. The monoisotopic (exact) mass is 408 g/mol. The number of rotatable bonds is 4. The molecule has 0 unspecified atom stereocenters. The van der Waals surface area contributed by atoms with Crippen molar-refractivity contribution in [3.63, 3.8) is 0 Å². The predicted octanol–water partition coefficient (Wildman–Crippen LogP) is 3.39. The van der Waals surface area contributed by atoms with Gasteiger partial charge in [-0.05, 0) is 50.2 Å². The van der Waals surface area contributed by atoms with Crippen LogP contribution in [0.15, 0.2) is 53.4 Å². The Bertz CT molecular complexity index is 921. The molecule has 1 aliphatic rings. The third kappa shape index (κ3) is 4.50. The Morgan fingerprint density at radius 1 is 1.07 bits per heavy atom. The summed E-state index contributed by atoms with van der Waals surface area (Å²) < 4.78 is 32.7. The second-order valence-corrected chi connectivity index (χ2v) is 8.88. The highest BCUT2D eigenvalue weighted by Gasteiger charge is 2.32. The van der Waals surface area contributed by atoms with Gasteiger partial charge in [-0.15, -0.1) is 0 Å². The Balaban J connectivity index is 1.75. The first-order valence-corrected chi connectivity index (χ1v) is 10.4. The number of nitrogens with zero attached hydrogens (tertiary/aromatic N) is 1. The van der Waals surface area contributed by atoms with E-state index in [9.17, 15) is 13.2 Å². The number of halogens is 1. The number of benzene rings is 2. The van der Waals surface area contributed by atoms with Crippen molar-refractivity contribution in [2.45, 2.75) is 31.0 Å². The van der Waals surface area contributed by atoms with Crippen LogP contribution in [0, 0.1) is 0 Å². The number of hydrogen-bond acceptors (Lipinski definition) is 4. The van der Waals surface area contributed by atoms with E-state index in [1.165, 1.54) is 16.4 Å². The van der Waals surface area contributed by atoms with Gasteiger partial charge in [0.1, 0.15) is 0 Å². The highest BCUT2D eigenvalue weighted by atomic mass is 35.5. The molecule has 2 aromatic carbocycles. The number of morpholine rings is 1. The van der Waals surface area contributed by atoms with Gasteiger partial charge in [-0.2, -0.15) is 4.31 Å². The predicted molar refractivity (Wildman–Crippen MR) is 105 cm³/mol. The molecule has 1 N–H and O–H groups in total. The van der Waals surface area contributed by atoms with E-state index in [1.807, 2.05) is 13.8 Å². The summed E-state index contributed by atoms with van der Waals surface area (Å²) in [6, 6.07) is 12.8. The Morgan fingerprint density at radius 2 is 1.67 bits per heavy atom. The van der Waals surface area contributed by atoms with E-state index < -0.39 is 10.0 Å². The number of carbonyl (C=O) groups excluding carboxylic acids is 1. The fourth-order valence-corrected chi connectivity index (χ4v) is 4.84. The van der Waals surface area contributed by atoms with Gasteiger partial charge in [0.25, 0.3) is 5.91 Å². The molecule has 1 fully saturated rings. The molecule has 8 heteroatoms. The highest BCUT2D eigenvalue weighted by molar-refractivity contribution is 7.89. The molecule has 0 radical (unpaired) electrons. The summed E-state index contributed by atoms with van der Waals surface area (Å²) in [4.78, 5) is 12.5. The van der Waals surface area contributed by atoms with Gasteiger partial charge in [0.05, 0.1) is 27.7 Å². The van der Waals surface area contributed by atoms with Gasteiger partial charge in [0.2, 0.25) is 10.0 Å². The first kappa shape index (κ1) is 19.8. The number of ether oxygens (including phenoxy) is 1. The average molecular weight is 409 g/mol. The third-order valence-corrected chi connectivity index (χ3v) is 6.43. The fourth-order valence-electron chi connectivity index (χ4n) is 3.03. The van der Waals surface area contributed by atoms with Crippen LogP contribution in [-0.4, -0.2) is 43.9 Å². The van der Waals surface area contributed by atoms with Gasteiger partial charge in [0, 0.05) is 18.8 Å². The number of nitrogens with one attached hydrogen (secondary N) is 1. The molecule has 6 nitrogen and oxygen atoms in total. The Morgan fingerprint density at radius 3 is 2.26 bits per heavy atom. The molecular weight excluding hydrogens is 388 g/mol. The lowest BCUT2D eigenvalue weighted by Crippen LogP contribution is -2.48. The zero-order valence-electron chi connectivity index (χ0n) is 15.1. The van der Waals surface area contributed by atoms with E-state index in [0.717, 1.165) is 0 Å². The van der Waals surface area contributed by atoms with Gasteiger partial charge in [-0.3, -0.25) is 4.79 Å². The van der Waals surface area contributed by atoms with Gasteiger partial charge in [0.15, 0.2) is 0 Å². The summed E-state index contributed by atoms with van der Waals surface area (Å²) in [5.74, 6) is -0.355. The van der Waals surface area contributed by atoms with Crippen molar-refractivity contribution < 1.29 is 17.9 Å². The fraction of sp³-hybridized carbons (Fsp3) is 0.316. The van der Waals surface area contributed by atoms with Crippen molar-refractivity contribution in [3.05, 3.63) is 59.1 Å². The minimum Gasteiger partial charge on any atom is -0.373 e. The van der Waals surface area contributed by atoms with Crippen molar-refractivity contribution in [2.24, 2.45) is 0 Å². The minimum atomic E-state index is -3.61. The van der Waals surface area contributed by atoms with Crippen LogP contribution in [0.2, 0.25) is 5.02 Å². The number of sulfonamides is 1. The van der Waals surface area contributed by atoms with E-state index in [-0.39, 0.29) is 23.0 Å². The maximum Gasteiger partial charge on any atom is 0.257 e. The summed E-state index contributed by atoms with van der Waals surface area (Å²) in [5.41, 5.74) is 0.842. The van der Waals surface area contributed by atoms with Gasteiger partial charge >= 0.3 is 0 Å². The SMILES string of the molecule is C[C@@H]1CN(S(=O)(=O)c2ccc(NC(=O)c3ccccc3Cl)cc2)C[C@H](C)O1. The number of anilines is 1. The molecule has 0 aromatic heterocycles. The van der Waals surface area contributed by atoms with E-state index >= 15 is 0 Å². The summed E-state index contributed by atoms with van der Waals surface area (Å²) in [7, 11) is -3.61. The van der Waals surface area contributed by atoms with Crippen LogP contribution in [0.1, 0.15) is 24.2 Å². The van der Waals surface area contributed by atoms with E-state index in [4.69, 9.17) is 16.3 Å². The second kappa shape index (κ2) is 7.98. The standard InChI is InChI=1S/C19H21ClN2O4S/c1-13-11-22(12-14(2)26-13)27(24,25)16-9-7-15(8-10-16)21-19(23)17-5-3-4-6-18(17)20/h3-10,13-14H,11-12H2,1-2H3,(H,21,23)/t13-,14+. The van der Waals surface area contributed by atoms with E-state index in [0.29, 0.717) is 29.4 Å². The van der Waals surface area contributed by atoms with Crippen molar-refractivity contribution in [1.82, 2.24) is 4.31 Å². The maximum atomic E-state index is 12.8. The second-order valence-electron chi connectivity index (χ2n) is 6.54. The molecule has 1 saturated heterocycles. The lowest BCUT2D eigenvalue weighted by atomic mass is 10.2. The van der Waals surface area contributed by atoms with Crippen molar-refractivity contribution in [1.29, 1.82) is 0 Å². The topological polar surface area (TPSA) is 75.7 Å². The van der Waals surface area contributed by atoms with Gasteiger partial charge in [-0.1, -0.05) is 23.7 Å². The normalized spacial score (nSPS) is 21.0. The molecule has 2 atom stereocenters. The molecule has 27 heavy (non-hydrogen) atoms.